The largest absolute Gasteiger partial charge is 0.488 e. The van der Waals surface area contributed by atoms with Crippen molar-refractivity contribution in [1.29, 1.82) is 0 Å². The maximum absolute atomic E-state index is 5.93. The highest BCUT2D eigenvalue weighted by molar-refractivity contribution is 9.10. The molecule has 0 radical (unpaired) electrons. The molecule has 5 heteroatoms. The van der Waals surface area contributed by atoms with E-state index in [0.717, 1.165) is 15.6 Å². The molecule has 0 heterocycles. The van der Waals surface area contributed by atoms with Crippen LogP contribution < -0.4 is 10.6 Å². The standard InChI is InChI=1S/C14H12BrClN2O/c15-12-3-1-2-10(6-12)9-19-14-5-4-13(16)7-11(14)8-18-17/h1-8H,9,17H2. The Morgan fingerprint density at radius 2 is 2.11 bits per heavy atom. The van der Waals surface area contributed by atoms with Crippen LogP contribution in [0.3, 0.4) is 0 Å². The van der Waals surface area contributed by atoms with Crippen LogP contribution >= 0.6 is 27.5 Å². The molecule has 0 unspecified atom stereocenters. The van der Waals surface area contributed by atoms with Gasteiger partial charge in [0.2, 0.25) is 0 Å². The average Bonchev–Trinajstić information content (AvgIpc) is 2.38. The quantitative estimate of drug-likeness (QED) is 0.520. The van der Waals surface area contributed by atoms with Crippen molar-refractivity contribution in [3.05, 3.63) is 63.1 Å². The Labute approximate surface area is 125 Å². The van der Waals surface area contributed by atoms with Gasteiger partial charge in [0, 0.05) is 15.1 Å². The lowest BCUT2D eigenvalue weighted by Gasteiger charge is -2.09. The minimum Gasteiger partial charge on any atom is -0.488 e. The van der Waals surface area contributed by atoms with Crippen molar-refractivity contribution in [1.82, 2.24) is 0 Å². The van der Waals surface area contributed by atoms with E-state index in [1.54, 1.807) is 18.2 Å². The molecule has 0 aliphatic carbocycles. The fourth-order valence-electron chi connectivity index (χ4n) is 1.62. The first-order valence-electron chi connectivity index (χ1n) is 5.59. The van der Waals surface area contributed by atoms with Gasteiger partial charge in [-0.15, -0.1) is 0 Å². The van der Waals surface area contributed by atoms with Gasteiger partial charge in [0.05, 0.1) is 6.21 Å². The predicted octanol–water partition coefficient (Wildman–Crippen LogP) is 3.97. The van der Waals surface area contributed by atoms with Crippen molar-refractivity contribution < 1.29 is 4.74 Å². The molecular formula is C14H12BrClN2O. The van der Waals surface area contributed by atoms with E-state index < -0.39 is 0 Å². The van der Waals surface area contributed by atoms with Gasteiger partial charge in [-0.1, -0.05) is 39.7 Å². The van der Waals surface area contributed by atoms with Gasteiger partial charge in [-0.05, 0) is 35.9 Å². The Balaban J connectivity index is 2.15. The van der Waals surface area contributed by atoms with Crippen LogP contribution in [0.1, 0.15) is 11.1 Å². The van der Waals surface area contributed by atoms with E-state index in [-0.39, 0.29) is 0 Å². The summed E-state index contributed by atoms with van der Waals surface area (Å²) in [7, 11) is 0. The van der Waals surface area contributed by atoms with Crippen LogP contribution in [0.15, 0.2) is 52.0 Å². The maximum atomic E-state index is 5.93. The van der Waals surface area contributed by atoms with Crippen LogP contribution in [-0.4, -0.2) is 6.21 Å². The summed E-state index contributed by atoms with van der Waals surface area (Å²) in [6.07, 6.45) is 1.52. The summed E-state index contributed by atoms with van der Waals surface area (Å²) in [6, 6.07) is 13.3. The third-order valence-corrected chi connectivity index (χ3v) is 3.20. The van der Waals surface area contributed by atoms with Gasteiger partial charge in [-0.3, -0.25) is 0 Å². The third kappa shape index (κ3) is 3.98. The smallest absolute Gasteiger partial charge is 0.128 e. The highest BCUT2D eigenvalue weighted by atomic mass is 79.9. The van der Waals surface area contributed by atoms with E-state index in [2.05, 4.69) is 21.0 Å². The lowest BCUT2D eigenvalue weighted by molar-refractivity contribution is 0.305. The number of hydrazone groups is 1. The molecule has 0 aliphatic rings. The van der Waals surface area contributed by atoms with E-state index in [0.29, 0.717) is 17.4 Å². The van der Waals surface area contributed by atoms with E-state index >= 15 is 0 Å². The first-order chi connectivity index (χ1) is 9.19. The monoisotopic (exact) mass is 338 g/mol. The first kappa shape index (κ1) is 13.9. The second-order valence-corrected chi connectivity index (χ2v) is 5.23. The van der Waals surface area contributed by atoms with Crippen molar-refractivity contribution in [3.63, 3.8) is 0 Å². The summed E-state index contributed by atoms with van der Waals surface area (Å²) >= 11 is 9.35. The average molecular weight is 340 g/mol. The Morgan fingerprint density at radius 3 is 2.84 bits per heavy atom. The molecule has 3 nitrogen and oxygen atoms in total. The number of nitrogens with two attached hydrogens (primary N) is 1. The zero-order valence-electron chi connectivity index (χ0n) is 10.0. The van der Waals surface area contributed by atoms with Crippen LogP contribution in [-0.2, 0) is 6.61 Å². The molecule has 0 aliphatic heterocycles. The van der Waals surface area contributed by atoms with Gasteiger partial charge in [0.15, 0.2) is 0 Å². The number of rotatable bonds is 4. The first-order valence-corrected chi connectivity index (χ1v) is 6.76. The molecule has 0 saturated heterocycles. The summed E-state index contributed by atoms with van der Waals surface area (Å²) in [6.45, 7) is 0.465. The molecule has 0 saturated carbocycles. The van der Waals surface area contributed by atoms with Gasteiger partial charge in [-0.25, -0.2) is 0 Å². The van der Waals surface area contributed by atoms with Crippen molar-refractivity contribution in [2.75, 3.05) is 0 Å². The number of ether oxygens (including phenoxy) is 1. The molecule has 0 aromatic heterocycles. The zero-order valence-corrected chi connectivity index (χ0v) is 12.4. The lowest BCUT2D eigenvalue weighted by Crippen LogP contribution is -1.99. The number of benzene rings is 2. The molecule has 0 amide bonds. The van der Waals surface area contributed by atoms with E-state index in [1.807, 2.05) is 24.3 Å². The fraction of sp³-hybridized carbons (Fsp3) is 0.0714. The Hall–Kier alpha value is -1.52. The normalized spacial score (nSPS) is 10.8. The van der Waals surface area contributed by atoms with Crippen molar-refractivity contribution >= 4 is 33.7 Å². The number of hydrogen-bond donors (Lipinski definition) is 1. The lowest BCUT2D eigenvalue weighted by atomic mass is 10.2. The Kier molecular flexibility index (Phi) is 4.82. The van der Waals surface area contributed by atoms with Crippen molar-refractivity contribution in [3.8, 4) is 5.75 Å². The predicted molar refractivity (Wildman–Crippen MR) is 81.7 cm³/mol. The molecule has 0 spiro atoms. The number of hydrogen-bond acceptors (Lipinski definition) is 3. The number of nitrogens with zero attached hydrogens (tertiary/aromatic N) is 1. The summed E-state index contributed by atoms with van der Waals surface area (Å²) in [4.78, 5) is 0. The Bertz CT molecular complexity index is 602. The zero-order chi connectivity index (χ0) is 13.7. The molecule has 98 valence electrons. The van der Waals surface area contributed by atoms with Gasteiger partial charge in [0.25, 0.3) is 0 Å². The van der Waals surface area contributed by atoms with E-state index in [1.165, 1.54) is 6.21 Å². The summed E-state index contributed by atoms with van der Waals surface area (Å²) in [5.74, 6) is 5.86. The van der Waals surface area contributed by atoms with Crippen LogP contribution in [0.25, 0.3) is 0 Å². The van der Waals surface area contributed by atoms with Crippen LogP contribution in [0, 0.1) is 0 Å². The molecule has 2 rings (SSSR count). The molecule has 2 aromatic carbocycles. The highest BCUT2D eigenvalue weighted by Crippen LogP contribution is 2.23. The molecule has 0 bridgehead atoms. The summed E-state index contributed by atoms with van der Waals surface area (Å²) in [5.41, 5.74) is 1.82. The van der Waals surface area contributed by atoms with Crippen LogP contribution in [0.5, 0.6) is 5.75 Å². The van der Waals surface area contributed by atoms with Crippen LogP contribution in [0.2, 0.25) is 5.02 Å². The second kappa shape index (κ2) is 6.59. The van der Waals surface area contributed by atoms with Crippen molar-refractivity contribution in [2.24, 2.45) is 10.9 Å². The molecule has 2 aromatic rings. The van der Waals surface area contributed by atoms with Gasteiger partial charge in [-0.2, -0.15) is 5.10 Å². The van der Waals surface area contributed by atoms with E-state index in [9.17, 15) is 0 Å². The molecule has 2 N–H and O–H groups in total. The van der Waals surface area contributed by atoms with E-state index in [4.69, 9.17) is 22.2 Å². The maximum Gasteiger partial charge on any atom is 0.128 e. The molecule has 0 fully saturated rings. The van der Waals surface area contributed by atoms with Crippen LogP contribution in [0.4, 0.5) is 0 Å². The fourth-order valence-corrected chi connectivity index (χ4v) is 2.25. The minimum absolute atomic E-state index is 0.465. The third-order valence-electron chi connectivity index (χ3n) is 2.47. The molecular weight excluding hydrogens is 328 g/mol. The number of halogens is 2. The topological polar surface area (TPSA) is 47.6 Å². The van der Waals surface area contributed by atoms with Gasteiger partial charge >= 0.3 is 0 Å². The molecule has 19 heavy (non-hydrogen) atoms. The highest BCUT2D eigenvalue weighted by Gasteiger charge is 2.03. The second-order valence-electron chi connectivity index (χ2n) is 3.88. The summed E-state index contributed by atoms with van der Waals surface area (Å²) < 4.78 is 6.78. The molecule has 0 atom stereocenters. The minimum atomic E-state index is 0.465. The SMILES string of the molecule is NN=Cc1cc(Cl)ccc1OCc1cccc(Br)c1. The van der Waals surface area contributed by atoms with Crippen molar-refractivity contribution in [2.45, 2.75) is 6.61 Å². The Morgan fingerprint density at radius 1 is 1.26 bits per heavy atom. The van der Waals surface area contributed by atoms with Gasteiger partial charge < -0.3 is 10.6 Å². The van der Waals surface area contributed by atoms with Gasteiger partial charge in [0.1, 0.15) is 12.4 Å². The summed E-state index contributed by atoms with van der Waals surface area (Å²) in [5, 5.41) is 4.12.